The first-order chi connectivity index (χ1) is 8.72. The highest BCUT2D eigenvalue weighted by molar-refractivity contribution is 4.98. The second-order valence-electron chi connectivity index (χ2n) is 6.27. The molecule has 0 aromatic heterocycles. The van der Waals surface area contributed by atoms with Crippen LogP contribution in [0.4, 0.5) is 0 Å². The van der Waals surface area contributed by atoms with Crippen LogP contribution in [0.3, 0.4) is 0 Å². The summed E-state index contributed by atoms with van der Waals surface area (Å²) in [5.74, 6) is 0. The number of hydrogen-bond donors (Lipinski definition) is 1. The van der Waals surface area contributed by atoms with E-state index in [1.165, 1.54) is 32.1 Å². The molecule has 18 heavy (non-hydrogen) atoms. The van der Waals surface area contributed by atoms with Crippen LogP contribution in [0.15, 0.2) is 0 Å². The van der Waals surface area contributed by atoms with Gasteiger partial charge in [0.15, 0.2) is 0 Å². The van der Waals surface area contributed by atoms with Gasteiger partial charge in [0.2, 0.25) is 0 Å². The number of nitrogens with two attached hydrogens (primary N) is 1. The fourth-order valence-corrected chi connectivity index (χ4v) is 3.69. The molecule has 1 spiro atoms. The molecule has 3 fully saturated rings. The summed E-state index contributed by atoms with van der Waals surface area (Å²) in [6.45, 7) is 5.67. The van der Waals surface area contributed by atoms with Crippen LogP contribution in [-0.2, 0) is 9.47 Å². The van der Waals surface area contributed by atoms with Crippen LogP contribution in [0, 0.1) is 0 Å². The Balaban J connectivity index is 1.64. The first kappa shape index (κ1) is 12.9. The molecule has 4 heteroatoms. The standard InChI is InChI=1S/C14H26N2O2/c1-11-10-17-13(8-15)9-16(11)12-3-6-18-14(7-12)4-2-5-14/h11-13H,2-10,15H2,1H3. The van der Waals surface area contributed by atoms with Crippen molar-refractivity contribution >= 4 is 0 Å². The molecular weight excluding hydrogens is 228 g/mol. The van der Waals surface area contributed by atoms with E-state index in [1.54, 1.807) is 0 Å². The van der Waals surface area contributed by atoms with Crippen molar-refractivity contribution in [2.75, 3.05) is 26.3 Å². The molecule has 2 N–H and O–H groups in total. The maximum Gasteiger partial charge on any atom is 0.0824 e. The normalized spacial score (nSPS) is 40.7. The van der Waals surface area contributed by atoms with Gasteiger partial charge >= 0.3 is 0 Å². The fraction of sp³-hybridized carbons (Fsp3) is 1.00. The van der Waals surface area contributed by atoms with Gasteiger partial charge in [0.05, 0.1) is 18.3 Å². The molecule has 2 aliphatic heterocycles. The Morgan fingerprint density at radius 3 is 2.89 bits per heavy atom. The van der Waals surface area contributed by atoms with E-state index in [0.717, 1.165) is 19.8 Å². The molecule has 0 aromatic rings. The largest absolute Gasteiger partial charge is 0.375 e. The van der Waals surface area contributed by atoms with Crippen molar-refractivity contribution in [3.63, 3.8) is 0 Å². The predicted molar refractivity (Wildman–Crippen MR) is 70.5 cm³/mol. The van der Waals surface area contributed by atoms with E-state index in [4.69, 9.17) is 15.2 Å². The minimum atomic E-state index is 0.224. The third-order valence-corrected chi connectivity index (χ3v) is 5.02. The zero-order valence-corrected chi connectivity index (χ0v) is 11.4. The molecule has 3 rings (SSSR count). The van der Waals surface area contributed by atoms with Crippen molar-refractivity contribution in [3.05, 3.63) is 0 Å². The molecule has 3 aliphatic rings. The Morgan fingerprint density at radius 2 is 2.22 bits per heavy atom. The van der Waals surface area contributed by atoms with Gasteiger partial charge in [-0.2, -0.15) is 0 Å². The highest BCUT2D eigenvalue weighted by atomic mass is 16.5. The maximum absolute atomic E-state index is 6.03. The Bertz CT molecular complexity index is 294. The van der Waals surface area contributed by atoms with Gasteiger partial charge in [0.1, 0.15) is 0 Å². The minimum absolute atomic E-state index is 0.224. The van der Waals surface area contributed by atoms with E-state index in [9.17, 15) is 0 Å². The van der Waals surface area contributed by atoms with E-state index in [2.05, 4.69) is 11.8 Å². The summed E-state index contributed by atoms with van der Waals surface area (Å²) in [5, 5.41) is 0. The molecule has 2 saturated heterocycles. The van der Waals surface area contributed by atoms with Crippen LogP contribution >= 0.6 is 0 Å². The quantitative estimate of drug-likeness (QED) is 0.802. The highest BCUT2D eigenvalue weighted by Gasteiger charge is 2.45. The first-order valence-corrected chi connectivity index (χ1v) is 7.44. The van der Waals surface area contributed by atoms with Crippen LogP contribution in [0.1, 0.15) is 39.0 Å². The zero-order chi connectivity index (χ0) is 12.6. The molecule has 2 heterocycles. The summed E-state index contributed by atoms with van der Waals surface area (Å²) in [4.78, 5) is 2.63. The van der Waals surface area contributed by atoms with Gasteiger partial charge in [0.25, 0.3) is 0 Å². The molecule has 1 aliphatic carbocycles. The van der Waals surface area contributed by atoms with E-state index in [-0.39, 0.29) is 11.7 Å². The van der Waals surface area contributed by atoms with E-state index in [0.29, 0.717) is 18.6 Å². The SMILES string of the molecule is CC1COC(CN)CN1C1CCOC2(CCC2)C1. The molecular formula is C14H26N2O2. The summed E-state index contributed by atoms with van der Waals surface area (Å²) in [6.07, 6.45) is 6.49. The van der Waals surface area contributed by atoms with E-state index in [1.807, 2.05) is 0 Å². The topological polar surface area (TPSA) is 47.7 Å². The van der Waals surface area contributed by atoms with Gasteiger partial charge in [0, 0.05) is 31.8 Å². The van der Waals surface area contributed by atoms with Gasteiger partial charge in [-0.25, -0.2) is 0 Å². The van der Waals surface area contributed by atoms with Gasteiger partial charge in [-0.05, 0) is 39.0 Å². The van der Waals surface area contributed by atoms with E-state index < -0.39 is 0 Å². The first-order valence-electron chi connectivity index (χ1n) is 7.44. The second-order valence-corrected chi connectivity index (χ2v) is 6.27. The van der Waals surface area contributed by atoms with E-state index >= 15 is 0 Å². The lowest BCUT2D eigenvalue weighted by molar-refractivity contribution is -0.165. The highest BCUT2D eigenvalue weighted by Crippen LogP contribution is 2.43. The summed E-state index contributed by atoms with van der Waals surface area (Å²) in [6, 6.07) is 1.19. The van der Waals surface area contributed by atoms with Crippen LogP contribution < -0.4 is 5.73 Å². The van der Waals surface area contributed by atoms with Crippen molar-refractivity contribution in [3.8, 4) is 0 Å². The number of ether oxygens (including phenoxy) is 2. The third-order valence-electron chi connectivity index (χ3n) is 5.02. The predicted octanol–water partition coefficient (Wildman–Crippen LogP) is 1.14. The van der Waals surface area contributed by atoms with Crippen molar-refractivity contribution in [2.45, 2.75) is 62.8 Å². The summed E-state index contributed by atoms with van der Waals surface area (Å²) in [5.41, 5.74) is 5.99. The molecule has 3 unspecified atom stereocenters. The summed E-state index contributed by atoms with van der Waals surface area (Å²) < 4.78 is 11.8. The summed E-state index contributed by atoms with van der Waals surface area (Å²) >= 11 is 0. The number of rotatable bonds is 2. The molecule has 0 bridgehead atoms. The lowest BCUT2D eigenvalue weighted by Crippen LogP contribution is -2.59. The smallest absolute Gasteiger partial charge is 0.0824 e. The van der Waals surface area contributed by atoms with Crippen molar-refractivity contribution in [1.29, 1.82) is 0 Å². The van der Waals surface area contributed by atoms with Crippen LogP contribution in [0.25, 0.3) is 0 Å². The van der Waals surface area contributed by atoms with Crippen LogP contribution in [0.2, 0.25) is 0 Å². The minimum Gasteiger partial charge on any atom is -0.375 e. The Morgan fingerprint density at radius 1 is 1.39 bits per heavy atom. The average molecular weight is 254 g/mol. The monoisotopic (exact) mass is 254 g/mol. The lowest BCUT2D eigenvalue weighted by atomic mass is 9.73. The second kappa shape index (κ2) is 5.08. The van der Waals surface area contributed by atoms with Crippen LogP contribution in [-0.4, -0.2) is 55.0 Å². The van der Waals surface area contributed by atoms with Crippen LogP contribution in [0.5, 0.6) is 0 Å². The number of morpholine rings is 1. The number of nitrogens with zero attached hydrogens (tertiary/aromatic N) is 1. The summed E-state index contributed by atoms with van der Waals surface area (Å²) in [7, 11) is 0. The van der Waals surface area contributed by atoms with Gasteiger partial charge in [-0.1, -0.05) is 0 Å². The molecule has 4 nitrogen and oxygen atoms in total. The lowest BCUT2D eigenvalue weighted by Gasteiger charge is -2.52. The Labute approximate surface area is 110 Å². The van der Waals surface area contributed by atoms with Crippen molar-refractivity contribution < 1.29 is 9.47 Å². The molecule has 0 aromatic carbocycles. The molecule has 0 radical (unpaired) electrons. The molecule has 104 valence electrons. The molecule has 1 saturated carbocycles. The third kappa shape index (κ3) is 2.31. The number of hydrogen-bond acceptors (Lipinski definition) is 4. The fourth-order valence-electron chi connectivity index (χ4n) is 3.69. The van der Waals surface area contributed by atoms with Gasteiger partial charge in [-0.15, -0.1) is 0 Å². The van der Waals surface area contributed by atoms with Gasteiger partial charge in [-0.3, -0.25) is 4.90 Å². The zero-order valence-electron chi connectivity index (χ0n) is 11.4. The van der Waals surface area contributed by atoms with Crippen molar-refractivity contribution in [1.82, 2.24) is 4.90 Å². The van der Waals surface area contributed by atoms with Gasteiger partial charge < -0.3 is 15.2 Å². The molecule has 3 atom stereocenters. The Kier molecular flexibility index (Phi) is 3.63. The maximum atomic E-state index is 6.03. The average Bonchev–Trinajstić information content (AvgIpc) is 2.38. The van der Waals surface area contributed by atoms with Crippen molar-refractivity contribution in [2.24, 2.45) is 5.73 Å². The molecule has 0 amide bonds. The Hall–Kier alpha value is -0.160.